The second-order valence-corrected chi connectivity index (χ2v) is 6.16. The first-order valence-corrected chi connectivity index (χ1v) is 7.56. The monoisotopic (exact) mass is 390 g/mol. The molecule has 13 heteroatoms. The number of amides is 1. The maximum absolute atomic E-state index is 12.9. The fourth-order valence-electron chi connectivity index (χ4n) is 1.51. The molecule has 2 aromatic rings. The molecule has 0 spiro atoms. The van der Waals surface area contributed by atoms with E-state index >= 15 is 0 Å². The fraction of sp³-hybridized carbons (Fsp3) is 0.267. The number of nitrogens with zero attached hydrogens (tertiary/aromatic N) is 8. The molecule has 0 radical (unpaired) electrons. The number of nitrogens with one attached hydrogen (secondary N) is 1. The van der Waals surface area contributed by atoms with Crippen LogP contribution in [-0.2, 0) is 4.79 Å². The second kappa shape index (κ2) is 9.67. The zero-order valence-electron chi connectivity index (χ0n) is 15.1. The molecule has 0 aliphatic carbocycles. The summed E-state index contributed by atoms with van der Waals surface area (Å²) in [4.78, 5) is 23.8. The lowest BCUT2D eigenvalue weighted by molar-refractivity contribution is -0.123. The average molecular weight is 390 g/mol. The van der Waals surface area contributed by atoms with Crippen molar-refractivity contribution >= 4 is 28.9 Å². The highest BCUT2D eigenvalue weighted by Gasteiger charge is 2.22. The summed E-state index contributed by atoms with van der Waals surface area (Å²) in [7, 11) is 0. The molecule has 2 aromatic heterocycles. The van der Waals surface area contributed by atoms with Gasteiger partial charge in [0.25, 0.3) is 0 Å². The van der Waals surface area contributed by atoms with Crippen LogP contribution in [0.3, 0.4) is 0 Å². The van der Waals surface area contributed by atoms with E-state index in [2.05, 4.69) is 35.3 Å². The van der Waals surface area contributed by atoms with Crippen LogP contribution in [0.2, 0.25) is 0 Å². The number of halogens is 2. The summed E-state index contributed by atoms with van der Waals surface area (Å²) >= 11 is 0. The molecule has 0 aliphatic rings. The number of anilines is 2. The average Bonchev–Trinajstić information content (AvgIpc) is 2.61. The van der Waals surface area contributed by atoms with E-state index in [0.29, 0.717) is 0 Å². The van der Waals surface area contributed by atoms with Crippen molar-refractivity contribution in [2.24, 2.45) is 15.6 Å². The van der Waals surface area contributed by atoms with Gasteiger partial charge in [0.05, 0.1) is 23.8 Å². The van der Waals surface area contributed by atoms with Crippen LogP contribution in [0, 0.1) is 17.0 Å². The van der Waals surface area contributed by atoms with Crippen LogP contribution in [0.1, 0.15) is 20.8 Å². The standard InChI is InChI=1S/C10H12FN5O.C5H4FN5/c1-10(2,3)9(17)14-8-7(15-16-12)4-6(11)5-13-8;6-3-1-4(10-11-8)5(7)9-2-3/h4-5H,1-3H3,(H,13,14,17);1-2H,(H2,7,9). The lowest BCUT2D eigenvalue weighted by Crippen LogP contribution is -2.28. The molecule has 2 heterocycles. The fourth-order valence-corrected chi connectivity index (χ4v) is 1.51. The van der Waals surface area contributed by atoms with Gasteiger partial charge in [-0.3, -0.25) is 4.79 Å². The van der Waals surface area contributed by atoms with Crippen LogP contribution in [0.25, 0.3) is 20.9 Å². The number of azide groups is 2. The van der Waals surface area contributed by atoms with Crippen LogP contribution in [0.5, 0.6) is 0 Å². The number of rotatable bonds is 3. The number of hydrogen-bond donors (Lipinski definition) is 2. The number of carbonyl (C=O) groups excluding carboxylic acids is 1. The first-order chi connectivity index (χ1) is 13.1. The van der Waals surface area contributed by atoms with Gasteiger partial charge in [-0.15, -0.1) is 0 Å². The molecule has 0 unspecified atom stereocenters. The molecule has 0 fully saturated rings. The quantitative estimate of drug-likeness (QED) is 0.430. The Labute approximate surface area is 157 Å². The molecule has 0 saturated heterocycles. The van der Waals surface area contributed by atoms with E-state index in [9.17, 15) is 13.6 Å². The highest BCUT2D eigenvalue weighted by Crippen LogP contribution is 2.25. The number of nitrogen functional groups attached to an aromatic ring is 1. The first-order valence-electron chi connectivity index (χ1n) is 7.56. The lowest BCUT2D eigenvalue weighted by Gasteiger charge is -2.17. The Hall–Kier alpha value is -3.95. The molecular weight excluding hydrogens is 374 g/mol. The molecule has 0 aliphatic heterocycles. The summed E-state index contributed by atoms with van der Waals surface area (Å²) in [6.45, 7) is 5.16. The van der Waals surface area contributed by atoms with Crippen LogP contribution in [0.15, 0.2) is 34.8 Å². The Morgan fingerprint density at radius 2 is 1.57 bits per heavy atom. The van der Waals surface area contributed by atoms with Crippen molar-refractivity contribution in [2.45, 2.75) is 20.8 Å². The molecule has 2 rings (SSSR count). The van der Waals surface area contributed by atoms with E-state index in [1.807, 2.05) is 0 Å². The third-order valence-electron chi connectivity index (χ3n) is 2.92. The molecule has 0 atom stereocenters. The molecule has 1 amide bonds. The SMILES string of the molecule is CC(C)(C)C(=O)Nc1ncc(F)cc1N=[N+]=[N-].[N-]=[N+]=Nc1cc(F)cnc1N. The minimum Gasteiger partial charge on any atom is -0.383 e. The Bertz CT molecular complexity index is 960. The van der Waals surface area contributed by atoms with Crippen molar-refractivity contribution < 1.29 is 13.6 Å². The van der Waals surface area contributed by atoms with Crippen molar-refractivity contribution in [3.05, 3.63) is 57.0 Å². The van der Waals surface area contributed by atoms with Gasteiger partial charge in [0.15, 0.2) is 0 Å². The minimum absolute atomic E-state index is 0.00694. The Morgan fingerprint density at radius 3 is 2.11 bits per heavy atom. The zero-order chi connectivity index (χ0) is 21.3. The third kappa shape index (κ3) is 6.75. The lowest BCUT2D eigenvalue weighted by atomic mass is 9.96. The van der Waals surface area contributed by atoms with Crippen molar-refractivity contribution in [3.8, 4) is 0 Å². The van der Waals surface area contributed by atoms with E-state index in [4.69, 9.17) is 16.8 Å². The number of pyridine rings is 2. The van der Waals surface area contributed by atoms with E-state index < -0.39 is 17.0 Å². The number of aromatic nitrogens is 2. The highest BCUT2D eigenvalue weighted by molar-refractivity contribution is 5.95. The van der Waals surface area contributed by atoms with Gasteiger partial charge in [-0.25, -0.2) is 18.7 Å². The van der Waals surface area contributed by atoms with Gasteiger partial charge in [0.2, 0.25) is 5.91 Å². The van der Waals surface area contributed by atoms with Gasteiger partial charge in [-0.05, 0) is 23.2 Å². The highest BCUT2D eigenvalue weighted by atomic mass is 19.1. The van der Waals surface area contributed by atoms with Gasteiger partial charge in [0.1, 0.15) is 23.3 Å². The predicted octanol–water partition coefficient (Wildman–Crippen LogP) is 4.89. The Balaban J connectivity index is 0.000000307. The summed E-state index contributed by atoms with van der Waals surface area (Å²) in [6, 6.07) is 2.02. The van der Waals surface area contributed by atoms with Gasteiger partial charge < -0.3 is 11.1 Å². The minimum atomic E-state index is -0.638. The summed E-state index contributed by atoms with van der Waals surface area (Å²) in [6.07, 6.45) is 1.89. The molecule has 146 valence electrons. The Morgan fingerprint density at radius 1 is 1.07 bits per heavy atom. The van der Waals surface area contributed by atoms with Crippen molar-refractivity contribution in [1.29, 1.82) is 0 Å². The van der Waals surface area contributed by atoms with E-state index in [1.54, 1.807) is 20.8 Å². The van der Waals surface area contributed by atoms with Gasteiger partial charge in [-0.2, -0.15) is 0 Å². The smallest absolute Gasteiger partial charge is 0.230 e. The normalized spacial score (nSPS) is 9.89. The molecule has 0 saturated carbocycles. The van der Waals surface area contributed by atoms with Gasteiger partial charge in [0, 0.05) is 15.2 Å². The largest absolute Gasteiger partial charge is 0.383 e. The molecule has 28 heavy (non-hydrogen) atoms. The van der Waals surface area contributed by atoms with Crippen molar-refractivity contribution in [2.75, 3.05) is 11.1 Å². The van der Waals surface area contributed by atoms with Crippen LogP contribution >= 0.6 is 0 Å². The van der Waals surface area contributed by atoms with E-state index in [-0.39, 0.29) is 28.9 Å². The maximum Gasteiger partial charge on any atom is 0.230 e. The summed E-state index contributed by atoms with van der Waals surface area (Å²) < 4.78 is 25.3. The van der Waals surface area contributed by atoms with E-state index in [1.165, 1.54) is 0 Å². The number of hydrogen-bond acceptors (Lipinski definition) is 6. The van der Waals surface area contributed by atoms with Crippen molar-refractivity contribution in [3.63, 3.8) is 0 Å². The second-order valence-electron chi connectivity index (χ2n) is 6.16. The third-order valence-corrected chi connectivity index (χ3v) is 2.92. The molecule has 3 N–H and O–H groups in total. The topological polar surface area (TPSA) is 178 Å². The molecular formula is C15H16F2N10O. The number of nitrogens with two attached hydrogens (primary N) is 1. The molecule has 11 nitrogen and oxygen atoms in total. The van der Waals surface area contributed by atoms with Crippen molar-refractivity contribution in [1.82, 2.24) is 9.97 Å². The van der Waals surface area contributed by atoms with E-state index in [0.717, 1.165) is 24.5 Å². The van der Waals surface area contributed by atoms with Crippen LogP contribution < -0.4 is 11.1 Å². The summed E-state index contributed by atoms with van der Waals surface area (Å²) in [5.41, 5.74) is 20.9. The van der Waals surface area contributed by atoms with Crippen LogP contribution in [-0.4, -0.2) is 15.9 Å². The zero-order valence-corrected chi connectivity index (χ0v) is 15.1. The van der Waals surface area contributed by atoms with Gasteiger partial charge >= 0.3 is 0 Å². The molecule has 0 aromatic carbocycles. The summed E-state index contributed by atoms with van der Waals surface area (Å²) in [5, 5.41) is 8.87. The maximum atomic E-state index is 12.9. The number of carbonyl (C=O) groups is 1. The van der Waals surface area contributed by atoms with Crippen LogP contribution in [0.4, 0.5) is 31.8 Å². The predicted molar refractivity (Wildman–Crippen MR) is 98.5 cm³/mol. The Kier molecular flexibility index (Phi) is 7.63. The van der Waals surface area contributed by atoms with Gasteiger partial charge in [-0.1, -0.05) is 31.0 Å². The summed E-state index contributed by atoms with van der Waals surface area (Å²) in [5.74, 6) is -1.46. The molecule has 0 bridgehead atoms. The first kappa shape index (κ1) is 22.1.